The molecule has 13 rings (SSSR count). The molecule has 4 aliphatic carbocycles. The summed E-state index contributed by atoms with van der Waals surface area (Å²) >= 11 is 0. The van der Waals surface area contributed by atoms with Gasteiger partial charge >= 0.3 is 0 Å². The summed E-state index contributed by atoms with van der Waals surface area (Å²) in [6, 6.07) is 54.9. The van der Waals surface area contributed by atoms with Gasteiger partial charge in [0, 0.05) is 28.4 Å². The Hall–Kier alpha value is -5.80. The SMILES string of the molecule is c1ccc(-c2cc(-c3ccccc3)cc(N3c4ccc(C5CCCCC5)cc4B4c5cc(C6CCCCC6)ccc5N(c5c6c(cc7c5CCC7)CCC6)c5cccc3c54)c2)cc1. The van der Waals surface area contributed by atoms with Crippen molar-refractivity contribution >= 4 is 57.2 Å². The minimum atomic E-state index is 0.150. The standard InChI is InChI=1S/C60H57BN2/c1-5-16-40(17-6-1)44-30-32-55-53(38-44)61-54-39-45(41-18-7-2-8-19-41)31-33-56(54)63(60-51-26-13-24-46(51)34-47-25-14-27-52(47)60)58-29-15-28-57(59(58)61)62(55)50-36-48(42-20-9-3-10-21-42)35-49(37-50)43-22-11-4-12-23-43/h3-4,9-12,15,20-23,28-41H,1-2,5-8,13-14,16-19,24-27H2. The Morgan fingerprint density at radius 2 is 0.889 bits per heavy atom. The monoisotopic (exact) mass is 816 g/mol. The molecule has 310 valence electrons. The quantitative estimate of drug-likeness (QED) is 0.154. The van der Waals surface area contributed by atoms with Gasteiger partial charge in [0.2, 0.25) is 0 Å². The molecule has 0 aromatic heterocycles. The van der Waals surface area contributed by atoms with Crippen molar-refractivity contribution in [2.45, 2.75) is 115 Å². The van der Waals surface area contributed by atoms with Crippen molar-refractivity contribution in [2.75, 3.05) is 9.80 Å². The summed E-state index contributed by atoms with van der Waals surface area (Å²) in [6.07, 6.45) is 20.6. The Morgan fingerprint density at radius 3 is 1.43 bits per heavy atom. The third-order valence-corrected chi connectivity index (χ3v) is 16.2. The van der Waals surface area contributed by atoms with Crippen LogP contribution in [0.1, 0.15) is 122 Å². The molecule has 0 saturated heterocycles. The summed E-state index contributed by atoms with van der Waals surface area (Å²) in [6.45, 7) is 0.150. The number of benzene rings is 7. The van der Waals surface area contributed by atoms with Gasteiger partial charge in [0.05, 0.1) is 5.69 Å². The van der Waals surface area contributed by atoms with Crippen LogP contribution in [0.4, 0.5) is 34.1 Å². The van der Waals surface area contributed by atoms with Crippen molar-refractivity contribution < 1.29 is 0 Å². The van der Waals surface area contributed by atoms with E-state index in [0.717, 1.165) is 0 Å². The van der Waals surface area contributed by atoms with E-state index in [1.165, 1.54) is 175 Å². The van der Waals surface area contributed by atoms with Crippen LogP contribution in [0.2, 0.25) is 0 Å². The van der Waals surface area contributed by atoms with Crippen molar-refractivity contribution in [3.05, 3.63) is 173 Å². The summed E-state index contributed by atoms with van der Waals surface area (Å²) in [7, 11) is 0. The molecule has 0 spiro atoms. The predicted octanol–water partition coefficient (Wildman–Crippen LogP) is 14.2. The van der Waals surface area contributed by atoms with Gasteiger partial charge in [-0.05, 0) is 191 Å². The van der Waals surface area contributed by atoms with Crippen LogP contribution in [0.5, 0.6) is 0 Å². The second-order valence-electron chi connectivity index (χ2n) is 19.8. The molecule has 3 heteroatoms. The molecule has 0 unspecified atom stereocenters. The predicted molar refractivity (Wildman–Crippen MR) is 267 cm³/mol. The van der Waals surface area contributed by atoms with E-state index in [4.69, 9.17) is 0 Å². The van der Waals surface area contributed by atoms with Gasteiger partial charge in [-0.3, -0.25) is 0 Å². The van der Waals surface area contributed by atoms with Crippen LogP contribution in [-0.2, 0) is 25.7 Å². The van der Waals surface area contributed by atoms with Crippen molar-refractivity contribution in [3.8, 4) is 22.3 Å². The molecule has 0 radical (unpaired) electrons. The number of rotatable bonds is 6. The largest absolute Gasteiger partial charge is 0.311 e. The molecule has 0 bridgehead atoms. The maximum absolute atomic E-state index is 2.81. The first-order valence-electron chi connectivity index (χ1n) is 24.7. The minimum absolute atomic E-state index is 0.150. The van der Waals surface area contributed by atoms with Gasteiger partial charge in [0.1, 0.15) is 0 Å². The number of nitrogens with zero attached hydrogens (tertiary/aromatic N) is 2. The molecule has 0 amide bonds. The smallest absolute Gasteiger partial charge is 0.252 e. The summed E-state index contributed by atoms with van der Waals surface area (Å²) in [5.41, 5.74) is 27.2. The fourth-order valence-electron chi connectivity index (χ4n) is 13.3. The highest BCUT2D eigenvalue weighted by Crippen LogP contribution is 2.51. The average molecular weight is 817 g/mol. The van der Waals surface area contributed by atoms with Gasteiger partial charge in [0.15, 0.2) is 0 Å². The lowest BCUT2D eigenvalue weighted by Crippen LogP contribution is -2.61. The molecule has 0 atom stereocenters. The summed E-state index contributed by atoms with van der Waals surface area (Å²) in [4.78, 5) is 5.48. The molecule has 2 heterocycles. The van der Waals surface area contributed by atoms with Crippen molar-refractivity contribution in [1.29, 1.82) is 0 Å². The highest BCUT2D eigenvalue weighted by atomic mass is 15.2. The Morgan fingerprint density at radius 1 is 0.381 bits per heavy atom. The Bertz CT molecular complexity index is 2790. The zero-order chi connectivity index (χ0) is 41.4. The number of hydrogen-bond acceptors (Lipinski definition) is 2. The van der Waals surface area contributed by atoms with Crippen LogP contribution >= 0.6 is 0 Å². The van der Waals surface area contributed by atoms with E-state index in [1.807, 2.05) is 0 Å². The van der Waals surface area contributed by atoms with Crippen molar-refractivity contribution in [2.24, 2.45) is 0 Å². The summed E-state index contributed by atoms with van der Waals surface area (Å²) < 4.78 is 0. The van der Waals surface area contributed by atoms with Crippen molar-refractivity contribution in [3.63, 3.8) is 0 Å². The van der Waals surface area contributed by atoms with E-state index < -0.39 is 0 Å². The highest BCUT2D eigenvalue weighted by molar-refractivity contribution is 7.00. The molecule has 2 saturated carbocycles. The lowest BCUT2D eigenvalue weighted by Gasteiger charge is -2.45. The third-order valence-electron chi connectivity index (χ3n) is 16.2. The van der Waals surface area contributed by atoms with Crippen LogP contribution in [0, 0.1) is 0 Å². The fraction of sp³-hybridized carbons (Fsp3) is 0.300. The average Bonchev–Trinajstić information content (AvgIpc) is 4.04. The molecule has 2 fully saturated rings. The van der Waals surface area contributed by atoms with Gasteiger partial charge in [-0.1, -0.05) is 136 Å². The van der Waals surface area contributed by atoms with Crippen LogP contribution in [0.25, 0.3) is 22.3 Å². The second-order valence-corrected chi connectivity index (χ2v) is 19.8. The van der Waals surface area contributed by atoms with E-state index >= 15 is 0 Å². The van der Waals surface area contributed by atoms with E-state index in [0.29, 0.717) is 11.8 Å². The van der Waals surface area contributed by atoms with E-state index in [1.54, 1.807) is 33.4 Å². The van der Waals surface area contributed by atoms with Crippen molar-refractivity contribution in [1.82, 2.24) is 0 Å². The first kappa shape index (κ1) is 37.7. The van der Waals surface area contributed by atoms with Gasteiger partial charge in [-0.2, -0.15) is 0 Å². The summed E-state index contributed by atoms with van der Waals surface area (Å²) in [5, 5.41) is 0. The number of hydrogen-bond donors (Lipinski definition) is 0. The van der Waals surface area contributed by atoms with E-state index in [-0.39, 0.29) is 6.71 Å². The Balaban J connectivity index is 1.10. The molecule has 2 aliphatic heterocycles. The van der Waals surface area contributed by atoms with Crippen LogP contribution in [-0.4, -0.2) is 6.71 Å². The molecule has 7 aromatic carbocycles. The molecular weight excluding hydrogens is 759 g/mol. The second kappa shape index (κ2) is 15.5. The van der Waals surface area contributed by atoms with E-state index in [2.05, 4.69) is 149 Å². The zero-order valence-corrected chi connectivity index (χ0v) is 36.7. The molecule has 0 N–H and O–H groups in total. The fourth-order valence-corrected chi connectivity index (χ4v) is 13.3. The maximum Gasteiger partial charge on any atom is 0.252 e. The topological polar surface area (TPSA) is 6.48 Å². The lowest BCUT2D eigenvalue weighted by atomic mass is 9.33. The molecule has 7 aromatic rings. The molecule has 2 nitrogen and oxygen atoms in total. The number of aryl methyl sites for hydroxylation is 2. The van der Waals surface area contributed by atoms with Crippen LogP contribution in [0.15, 0.2) is 140 Å². The Labute approximate surface area is 375 Å². The third kappa shape index (κ3) is 6.28. The van der Waals surface area contributed by atoms with Crippen LogP contribution < -0.4 is 26.2 Å². The number of fused-ring (bicyclic) bond motifs is 6. The van der Waals surface area contributed by atoms with Crippen LogP contribution in [0.3, 0.4) is 0 Å². The van der Waals surface area contributed by atoms with Gasteiger partial charge in [-0.15, -0.1) is 0 Å². The lowest BCUT2D eigenvalue weighted by molar-refractivity contribution is 0.444. The van der Waals surface area contributed by atoms with Gasteiger partial charge in [-0.25, -0.2) is 0 Å². The van der Waals surface area contributed by atoms with Gasteiger partial charge < -0.3 is 9.80 Å². The molecule has 6 aliphatic rings. The minimum Gasteiger partial charge on any atom is -0.311 e. The first-order chi connectivity index (χ1) is 31.2. The highest BCUT2D eigenvalue weighted by Gasteiger charge is 2.45. The normalized spacial score (nSPS) is 17.9. The Kier molecular flexibility index (Phi) is 9.27. The van der Waals surface area contributed by atoms with Gasteiger partial charge in [0.25, 0.3) is 6.71 Å². The molecule has 63 heavy (non-hydrogen) atoms. The number of anilines is 6. The van der Waals surface area contributed by atoms with E-state index in [9.17, 15) is 0 Å². The summed E-state index contributed by atoms with van der Waals surface area (Å²) in [5.74, 6) is 1.27. The zero-order valence-electron chi connectivity index (χ0n) is 36.7. The molecular formula is C60H57BN2. The maximum atomic E-state index is 2.81. The first-order valence-corrected chi connectivity index (χ1v) is 24.7.